The molecule has 0 amide bonds. The largest absolute Gasteiger partial charge is 0.406 e. The monoisotopic (exact) mass is 379 g/mol. The number of halogens is 3. The van der Waals surface area contributed by atoms with Crippen LogP contribution in [0.2, 0.25) is 0 Å². The molecule has 1 fully saturated rings. The molecular weight excluding hydrogens is 363 g/mol. The number of hydrogen-bond acceptors (Lipinski definition) is 6. The highest BCUT2D eigenvalue weighted by molar-refractivity contribution is 5.77. The van der Waals surface area contributed by atoms with Crippen molar-refractivity contribution in [3.8, 4) is 0 Å². The van der Waals surface area contributed by atoms with Crippen molar-refractivity contribution in [2.45, 2.75) is 38.1 Å². The average molecular weight is 379 g/mol. The van der Waals surface area contributed by atoms with Crippen LogP contribution in [0.25, 0.3) is 10.9 Å². The van der Waals surface area contributed by atoms with E-state index in [1.165, 1.54) is 12.4 Å². The van der Waals surface area contributed by atoms with E-state index >= 15 is 0 Å². The third-order valence-corrected chi connectivity index (χ3v) is 4.64. The molecule has 1 saturated heterocycles. The number of aromatic nitrogens is 4. The van der Waals surface area contributed by atoms with Crippen molar-refractivity contribution in [1.29, 1.82) is 0 Å². The fourth-order valence-electron chi connectivity index (χ4n) is 3.52. The number of fused-ring (bicyclic) bond motifs is 1. The quantitative estimate of drug-likeness (QED) is 0.694. The average Bonchev–Trinajstić information content (AvgIpc) is 3.29. The number of para-hydroxylation sites is 1. The lowest BCUT2D eigenvalue weighted by Gasteiger charge is -2.25. The molecule has 0 N–H and O–H groups in total. The third-order valence-electron chi connectivity index (χ3n) is 4.64. The number of benzene rings is 1. The molecule has 1 atom stereocenters. The second-order valence-electron chi connectivity index (χ2n) is 6.46. The first kappa shape index (κ1) is 17.7. The number of hydrogen-bond donors (Lipinski definition) is 0. The van der Waals surface area contributed by atoms with Crippen LogP contribution < -0.4 is 5.56 Å². The fourth-order valence-corrected chi connectivity index (χ4v) is 3.52. The molecule has 2 aromatic heterocycles. The highest BCUT2D eigenvalue weighted by atomic mass is 19.4. The summed E-state index contributed by atoms with van der Waals surface area (Å²) in [6, 6.07) is 6.01. The topological polar surface area (TPSA) is 77.1 Å². The van der Waals surface area contributed by atoms with Crippen LogP contribution in [0.4, 0.5) is 13.2 Å². The van der Waals surface area contributed by atoms with Crippen molar-refractivity contribution in [2.75, 3.05) is 6.54 Å². The van der Waals surface area contributed by atoms with Crippen LogP contribution in [-0.2, 0) is 13.1 Å². The van der Waals surface area contributed by atoms with E-state index in [1.54, 1.807) is 18.2 Å². The van der Waals surface area contributed by atoms with Gasteiger partial charge in [0.2, 0.25) is 5.89 Å². The molecule has 0 radical (unpaired) electrons. The summed E-state index contributed by atoms with van der Waals surface area (Å²) in [5.74, 6) is 0.487. The van der Waals surface area contributed by atoms with E-state index in [0.717, 1.165) is 11.0 Å². The molecule has 1 aliphatic rings. The van der Waals surface area contributed by atoms with E-state index in [1.807, 2.05) is 4.90 Å². The zero-order valence-corrected chi connectivity index (χ0v) is 14.2. The molecule has 3 heterocycles. The zero-order valence-electron chi connectivity index (χ0n) is 14.2. The predicted octanol–water partition coefficient (Wildman–Crippen LogP) is 2.68. The maximum atomic E-state index is 13.2. The summed E-state index contributed by atoms with van der Waals surface area (Å²) in [6.45, 7) is -0.439. The molecule has 1 unspecified atom stereocenters. The second-order valence-corrected chi connectivity index (χ2v) is 6.46. The molecule has 7 nitrogen and oxygen atoms in total. The molecule has 0 bridgehead atoms. The summed E-state index contributed by atoms with van der Waals surface area (Å²) in [6.07, 6.45) is -1.89. The van der Waals surface area contributed by atoms with E-state index in [4.69, 9.17) is 4.52 Å². The Morgan fingerprint density at radius 2 is 2.07 bits per heavy atom. The van der Waals surface area contributed by atoms with Crippen molar-refractivity contribution < 1.29 is 17.7 Å². The van der Waals surface area contributed by atoms with Crippen molar-refractivity contribution in [3.63, 3.8) is 0 Å². The van der Waals surface area contributed by atoms with Crippen LogP contribution in [0.15, 0.2) is 39.9 Å². The number of rotatable bonds is 4. The molecular formula is C17H16F3N5O2. The summed E-state index contributed by atoms with van der Waals surface area (Å²) < 4.78 is 45.2. The molecule has 1 aromatic carbocycles. The van der Waals surface area contributed by atoms with E-state index in [9.17, 15) is 18.0 Å². The summed E-state index contributed by atoms with van der Waals surface area (Å²) in [5, 5.41) is 3.72. The van der Waals surface area contributed by atoms with Crippen LogP contribution >= 0.6 is 0 Å². The Balaban J connectivity index is 1.81. The van der Waals surface area contributed by atoms with E-state index in [-0.39, 0.29) is 11.2 Å². The van der Waals surface area contributed by atoms with Gasteiger partial charge < -0.3 is 4.52 Å². The van der Waals surface area contributed by atoms with Gasteiger partial charge in [-0.1, -0.05) is 17.3 Å². The molecule has 0 saturated carbocycles. The van der Waals surface area contributed by atoms with Crippen molar-refractivity contribution in [2.24, 2.45) is 0 Å². The van der Waals surface area contributed by atoms with Crippen LogP contribution in [0.5, 0.6) is 0 Å². The fraction of sp³-hybridized carbons (Fsp3) is 0.412. The summed E-state index contributed by atoms with van der Waals surface area (Å²) in [4.78, 5) is 23.1. The smallest absolute Gasteiger partial charge is 0.338 e. The number of likely N-dealkylation sites (tertiary alicyclic amines) is 1. The van der Waals surface area contributed by atoms with Gasteiger partial charge in [0.1, 0.15) is 12.4 Å². The molecule has 10 heteroatoms. The lowest BCUT2D eigenvalue weighted by Crippen LogP contribution is -2.35. The Bertz CT molecular complexity index is 1000. The molecule has 142 valence electrons. The highest BCUT2D eigenvalue weighted by Gasteiger charge is 2.35. The van der Waals surface area contributed by atoms with Gasteiger partial charge in [-0.3, -0.25) is 14.3 Å². The number of nitrogens with zero attached hydrogens (tertiary/aromatic N) is 5. The van der Waals surface area contributed by atoms with Gasteiger partial charge in [0.05, 0.1) is 23.5 Å². The third kappa shape index (κ3) is 3.57. The Kier molecular flexibility index (Phi) is 4.42. The molecule has 0 spiro atoms. The van der Waals surface area contributed by atoms with Crippen LogP contribution in [-0.4, -0.2) is 37.3 Å². The molecule has 1 aliphatic heterocycles. The van der Waals surface area contributed by atoms with Gasteiger partial charge in [0.25, 0.3) is 5.56 Å². The van der Waals surface area contributed by atoms with Crippen LogP contribution in [0.3, 0.4) is 0 Å². The van der Waals surface area contributed by atoms with Gasteiger partial charge in [-0.05, 0) is 31.5 Å². The minimum atomic E-state index is -4.53. The van der Waals surface area contributed by atoms with E-state index in [2.05, 4.69) is 15.1 Å². The van der Waals surface area contributed by atoms with Gasteiger partial charge >= 0.3 is 6.18 Å². The minimum Gasteiger partial charge on any atom is -0.338 e. The van der Waals surface area contributed by atoms with Gasteiger partial charge in [-0.2, -0.15) is 18.2 Å². The first-order chi connectivity index (χ1) is 12.9. The minimum absolute atomic E-state index is 0.119. The lowest BCUT2D eigenvalue weighted by atomic mass is 10.1. The SMILES string of the molecule is O=c1c2ccccc2nc(C2CCCN2Cc2ncno2)n1CC(F)(F)F. The van der Waals surface area contributed by atoms with Crippen molar-refractivity contribution >= 4 is 10.9 Å². The van der Waals surface area contributed by atoms with Gasteiger partial charge in [-0.25, -0.2) is 4.98 Å². The van der Waals surface area contributed by atoms with Gasteiger partial charge in [-0.15, -0.1) is 0 Å². The Labute approximate surface area is 151 Å². The van der Waals surface area contributed by atoms with Gasteiger partial charge in [0.15, 0.2) is 6.33 Å². The normalized spacial score (nSPS) is 18.4. The first-order valence-corrected chi connectivity index (χ1v) is 8.48. The Hall–Kier alpha value is -2.75. The number of alkyl halides is 3. The second kappa shape index (κ2) is 6.76. The maximum absolute atomic E-state index is 13.2. The first-order valence-electron chi connectivity index (χ1n) is 8.48. The van der Waals surface area contributed by atoms with E-state index < -0.39 is 24.3 Å². The standard InChI is InChI=1S/C17H16F3N5O2/c18-17(19,20)9-25-15(23-12-5-2-1-4-11(12)16(25)26)13-6-3-7-24(13)8-14-21-10-22-27-14/h1-2,4-5,10,13H,3,6-9H2. The summed E-state index contributed by atoms with van der Waals surface area (Å²) in [5.41, 5.74) is -0.293. The van der Waals surface area contributed by atoms with Crippen molar-refractivity contribution in [1.82, 2.24) is 24.6 Å². The highest BCUT2D eigenvalue weighted by Crippen LogP contribution is 2.33. The Morgan fingerprint density at radius 1 is 1.26 bits per heavy atom. The zero-order chi connectivity index (χ0) is 19.0. The Morgan fingerprint density at radius 3 is 2.81 bits per heavy atom. The van der Waals surface area contributed by atoms with Crippen molar-refractivity contribution in [3.05, 3.63) is 52.7 Å². The van der Waals surface area contributed by atoms with Gasteiger partial charge in [0, 0.05) is 0 Å². The molecule has 4 rings (SSSR count). The lowest BCUT2D eigenvalue weighted by molar-refractivity contribution is -0.142. The summed E-state index contributed by atoms with van der Waals surface area (Å²) in [7, 11) is 0. The predicted molar refractivity (Wildman–Crippen MR) is 88.7 cm³/mol. The van der Waals surface area contributed by atoms with Crippen LogP contribution in [0, 0.1) is 0 Å². The van der Waals surface area contributed by atoms with Crippen LogP contribution in [0.1, 0.15) is 30.6 Å². The summed E-state index contributed by atoms with van der Waals surface area (Å²) >= 11 is 0. The molecule has 27 heavy (non-hydrogen) atoms. The molecule has 0 aliphatic carbocycles. The molecule has 3 aromatic rings. The maximum Gasteiger partial charge on any atom is 0.406 e. The van der Waals surface area contributed by atoms with E-state index in [0.29, 0.717) is 30.9 Å².